The number of hydrogen-bond donors (Lipinski definition) is 2. The van der Waals surface area contributed by atoms with Gasteiger partial charge in [0, 0.05) is 23.4 Å². The molecular weight excluding hydrogens is 308 g/mol. The third kappa shape index (κ3) is 4.58. The number of carboxylic acid groups (broad SMARTS) is 1. The van der Waals surface area contributed by atoms with E-state index in [1.54, 1.807) is 6.20 Å². The quantitative estimate of drug-likeness (QED) is 0.873. The molecule has 2 rings (SSSR count). The summed E-state index contributed by atoms with van der Waals surface area (Å²) in [6, 6.07) is 2.06. The van der Waals surface area contributed by atoms with Crippen molar-refractivity contribution in [3.05, 3.63) is 28.5 Å². The van der Waals surface area contributed by atoms with Crippen LogP contribution in [0.15, 0.2) is 22.9 Å². The lowest BCUT2D eigenvalue weighted by molar-refractivity contribution is -0.143. The number of hydrogen-bond acceptors (Lipinski definition) is 3. The zero-order valence-corrected chi connectivity index (χ0v) is 12.4. The Morgan fingerprint density at radius 1 is 1.37 bits per heavy atom. The monoisotopic (exact) mass is 326 g/mol. The summed E-state index contributed by atoms with van der Waals surface area (Å²) < 4.78 is 0.994. The van der Waals surface area contributed by atoms with Crippen molar-refractivity contribution in [3.8, 4) is 0 Å². The van der Waals surface area contributed by atoms with Gasteiger partial charge in [0.15, 0.2) is 0 Å². The molecule has 4 nitrogen and oxygen atoms in total. The molecule has 1 saturated carbocycles. The van der Waals surface area contributed by atoms with Gasteiger partial charge in [0.05, 0.1) is 5.92 Å². The van der Waals surface area contributed by atoms with Gasteiger partial charge in [-0.1, -0.05) is 0 Å². The van der Waals surface area contributed by atoms with Crippen LogP contribution in [0.4, 0.5) is 0 Å². The second kappa shape index (κ2) is 7.01. The van der Waals surface area contributed by atoms with Crippen LogP contribution in [0.3, 0.4) is 0 Å². The number of nitrogens with zero attached hydrogens (tertiary/aromatic N) is 1. The molecule has 0 bridgehead atoms. The highest BCUT2D eigenvalue weighted by molar-refractivity contribution is 9.10. The summed E-state index contributed by atoms with van der Waals surface area (Å²) in [4.78, 5) is 15.0. The SMILES string of the molecule is O=C(O)C1CCC(CNCc2cncc(Br)c2)CC1. The van der Waals surface area contributed by atoms with Gasteiger partial charge in [-0.3, -0.25) is 9.78 Å². The average molecular weight is 327 g/mol. The molecule has 0 radical (unpaired) electrons. The van der Waals surface area contributed by atoms with E-state index in [1.807, 2.05) is 6.20 Å². The molecule has 0 spiro atoms. The number of rotatable bonds is 5. The number of aromatic nitrogens is 1. The van der Waals surface area contributed by atoms with Crippen LogP contribution in [-0.2, 0) is 11.3 Å². The minimum Gasteiger partial charge on any atom is -0.481 e. The molecule has 1 aliphatic carbocycles. The molecule has 0 aromatic carbocycles. The Labute approximate surface area is 121 Å². The molecule has 1 aliphatic rings. The smallest absolute Gasteiger partial charge is 0.306 e. The number of aliphatic carboxylic acids is 1. The fourth-order valence-electron chi connectivity index (χ4n) is 2.59. The number of carbonyl (C=O) groups is 1. The second-order valence-corrected chi connectivity index (χ2v) is 6.11. The first kappa shape index (κ1) is 14.5. The Hall–Kier alpha value is -0.940. The maximum absolute atomic E-state index is 10.9. The van der Waals surface area contributed by atoms with Crippen molar-refractivity contribution in [1.82, 2.24) is 10.3 Å². The maximum atomic E-state index is 10.9. The number of nitrogens with one attached hydrogen (secondary N) is 1. The van der Waals surface area contributed by atoms with Crippen molar-refractivity contribution in [3.63, 3.8) is 0 Å². The molecule has 2 N–H and O–H groups in total. The predicted molar refractivity (Wildman–Crippen MR) is 76.7 cm³/mol. The van der Waals surface area contributed by atoms with Gasteiger partial charge in [-0.2, -0.15) is 0 Å². The molecule has 1 fully saturated rings. The van der Waals surface area contributed by atoms with Crippen LogP contribution in [0.25, 0.3) is 0 Å². The van der Waals surface area contributed by atoms with E-state index in [4.69, 9.17) is 5.11 Å². The second-order valence-electron chi connectivity index (χ2n) is 5.20. The van der Waals surface area contributed by atoms with Gasteiger partial charge in [0.25, 0.3) is 0 Å². The van der Waals surface area contributed by atoms with Gasteiger partial charge in [0.1, 0.15) is 0 Å². The average Bonchev–Trinajstić information content (AvgIpc) is 2.39. The molecule has 1 heterocycles. The maximum Gasteiger partial charge on any atom is 0.306 e. The standard InChI is InChI=1S/C14H19BrN2O2/c15-13-5-11(8-17-9-13)7-16-6-10-1-3-12(4-2-10)14(18)19/h5,8-10,12,16H,1-4,6-7H2,(H,18,19). The van der Waals surface area contributed by atoms with Gasteiger partial charge in [-0.25, -0.2) is 0 Å². The first-order valence-corrected chi connectivity index (χ1v) is 7.47. The molecule has 104 valence electrons. The normalized spacial score (nSPS) is 23.2. The molecular formula is C14H19BrN2O2. The summed E-state index contributed by atoms with van der Waals surface area (Å²) in [5.41, 5.74) is 1.16. The lowest BCUT2D eigenvalue weighted by atomic mass is 9.82. The molecule has 0 aliphatic heterocycles. The highest BCUT2D eigenvalue weighted by atomic mass is 79.9. The van der Waals surface area contributed by atoms with E-state index >= 15 is 0 Å². The highest BCUT2D eigenvalue weighted by Crippen LogP contribution is 2.28. The topological polar surface area (TPSA) is 62.2 Å². The lowest BCUT2D eigenvalue weighted by Crippen LogP contribution is -2.28. The number of carboxylic acids is 1. The Balaban J connectivity index is 1.68. The van der Waals surface area contributed by atoms with Gasteiger partial charge < -0.3 is 10.4 Å². The zero-order valence-electron chi connectivity index (χ0n) is 10.8. The van der Waals surface area contributed by atoms with Crippen molar-refractivity contribution in [2.75, 3.05) is 6.54 Å². The van der Waals surface area contributed by atoms with E-state index in [0.29, 0.717) is 5.92 Å². The number of pyridine rings is 1. The van der Waals surface area contributed by atoms with Crippen molar-refractivity contribution >= 4 is 21.9 Å². The Morgan fingerprint density at radius 3 is 2.74 bits per heavy atom. The van der Waals surface area contributed by atoms with Crippen LogP contribution in [0.5, 0.6) is 0 Å². The predicted octanol–water partition coefficient (Wildman–Crippen LogP) is 2.82. The Kier molecular flexibility index (Phi) is 5.34. The third-order valence-corrected chi connectivity index (χ3v) is 4.15. The fourth-order valence-corrected chi connectivity index (χ4v) is 3.00. The summed E-state index contributed by atoms with van der Waals surface area (Å²) in [5.74, 6) is -0.145. The van der Waals surface area contributed by atoms with Crippen molar-refractivity contribution in [2.45, 2.75) is 32.2 Å². The summed E-state index contributed by atoms with van der Waals surface area (Å²) in [6.07, 6.45) is 7.30. The highest BCUT2D eigenvalue weighted by Gasteiger charge is 2.25. The third-order valence-electron chi connectivity index (χ3n) is 3.72. The van der Waals surface area contributed by atoms with Crippen LogP contribution in [0, 0.1) is 11.8 Å². The molecule has 0 unspecified atom stereocenters. The van der Waals surface area contributed by atoms with Gasteiger partial charge in [-0.15, -0.1) is 0 Å². The summed E-state index contributed by atoms with van der Waals surface area (Å²) >= 11 is 3.40. The Bertz CT molecular complexity index is 431. The molecule has 0 amide bonds. The van der Waals surface area contributed by atoms with Gasteiger partial charge in [-0.05, 0) is 65.7 Å². The van der Waals surface area contributed by atoms with Crippen molar-refractivity contribution in [2.24, 2.45) is 11.8 Å². The van der Waals surface area contributed by atoms with Crippen molar-refractivity contribution in [1.29, 1.82) is 0 Å². The largest absolute Gasteiger partial charge is 0.481 e. The molecule has 0 atom stereocenters. The molecule has 0 saturated heterocycles. The van der Waals surface area contributed by atoms with Crippen LogP contribution >= 0.6 is 15.9 Å². The van der Waals surface area contributed by atoms with E-state index < -0.39 is 5.97 Å². The van der Waals surface area contributed by atoms with Crippen LogP contribution in [-0.4, -0.2) is 22.6 Å². The van der Waals surface area contributed by atoms with E-state index in [-0.39, 0.29) is 5.92 Å². The summed E-state index contributed by atoms with van der Waals surface area (Å²) in [6.45, 7) is 1.77. The first-order valence-electron chi connectivity index (χ1n) is 6.68. The molecule has 1 aromatic rings. The van der Waals surface area contributed by atoms with E-state index in [9.17, 15) is 4.79 Å². The summed E-state index contributed by atoms with van der Waals surface area (Å²) in [5, 5.41) is 12.4. The van der Waals surface area contributed by atoms with E-state index in [0.717, 1.165) is 48.8 Å². The van der Waals surface area contributed by atoms with E-state index in [1.165, 1.54) is 0 Å². The van der Waals surface area contributed by atoms with Crippen molar-refractivity contribution < 1.29 is 9.90 Å². The molecule has 19 heavy (non-hydrogen) atoms. The summed E-state index contributed by atoms with van der Waals surface area (Å²) in [7, 11) is 0. The fraction of sp³-hybridized carbons (Fsp3) is 0.571. The van der Waals surface area contributed by atoms with Gasteiger partial charge in [0.2, 0.25) is 0 Å². The minimum absolute atomic E-state index is 0.120. The lowest BCUT2D eigenvalue weighted by Gasteiger charge is -2.26. The first-order chi connectivity index (χ1) is 9.15. The van der Waals surface area contributed by atoms with Crippen LogP contribution < -0.4 is 5.32 Å². The van der Waals surface area contributed by atoms with Crippen LogP contribution in [0.2, 0.25) is 0 Å². The van der Waals surface area contributed by atoms with Gasteiger partial charge >= 0.3 is 5.97 Å². The van der Waals surface area contributed by atoms with E-state index in [2.05, 4.69) is 32.3 Å². The Morgan fingerprint density at radius 2 is 2.11 bits per heavy atom. The zero-order chi connectivity index (χ0) is 13.7. The van der Waals surface area contributed by atoms with Crippen LogP contribution in [0.1, 0.15) is 31.2 Å². The molecule has 5 heteroatoms. The number of halogens is 1. The minimum atomic E-state index is -0.633. The molecule has 1 aromatic heterocycles.